The number of hydrogen-bond acceptors (Lipinski definition) is 7. The number of nitriles is 1. The zero-order valence-corrected chi connectivity index (χ0v) is 18.5. The van der Waals surface area contributed by atoms with Crippen molar-refractivity contribution in [2.75, 3.05) is 0 Å². The lowest BCUT2D eigenvalue weighted by Gasteiger charge is -2.17. The number of alkyl halides is 2. The molecule has 176 valence electrons. The van der Waals surface area contributed by atoms with Gasteiger partial charge < -0.3 is 10.1 Å². The summed E-state index contributed by atoms with van der Waals surface area (Å²) in [5.41, 5.74) is 2.54. The highest BCUT2D eigenvalue weighted by Gasteiger charge is 2.28. The van der Waals surface area contributed by atoms with Crippen molar-refractivity contribution in [1.29, 1.82) is 5.26 Å². The van der Waals surface area contributed by atoms with Crippen LogP contribution in [0.3, 0.4) is 0 Å². The van der Waals surface area contributed by atoms with E-state index in [1.165, 1.54) is 30.7 Å². The zero-order chi connectivity index (χ0) is 24.5. The first-order valence-corrected chi connectivity index (χ1v) is 10.9. The van der Waals surface area contributed by atoms with E-state index in [2.05, 4.69) is 30.1 Å². The molecule has 0 saturated heterocycles. The zero-order valence-electron chi connectivity index (χ0n) is 18.5. The molecule has 0 aliphatic heterocycles. The molecule has 1 aliphatic rings. The highest BCUT2D eigenvalue weighted by molar-refractivity contribution is 6.07. The van der Waals surface area contributed by atoms with Crippen molar-refractivity contribution in [1.82, 2.24) is 30.0 Å². The standard InChI is InChI=1S/C24H19F2N7O2/c1-13(21-22(29-7-6-28-21)19-5-2-14(10-27)11-30-19)32-23(34)17-8-16(35-24(25)26)9-20-18(17)12-31-33(20)15-3-4-15/h2,5-9,11-13,15,24H,3-4H2,1H3,(H,32,34)/t13-/m0/s1. The predicted molar refractivity (Wildman–Crippen MR) is 120 cm³/mol. The minimum absolute atomic E-state index is 0.116. The van der Waals surface area contributed by atoms with Crippen LogP contribution in [-0.2, 0) is 0 Å². The van der Waals surface area contributed by atoms with Crippen LogP contribution in [-0.4, -0.2) is 37.3 Å². The largest absolute Gasteiger partial charge is 0.435 e. The first kappa shape index (κ1) is 22.3. The third-order valence-electron chi connectivity index (χ3n) is 5.67. The number of benzene rings is 1. The molecular weight excluding hydrogens is 456 g/mol. The lowest BCUT2D eigenvalue weighted by Crippen LogP contribution is -2.28. The molecule has 0 bridgehead atoms. The summed E-state index contributed by atoms with van der Waals surface area (Å²) < 4.78 is 32.3. The molecule has 0 radical (unpaired) electrons. The number of aromatic nitrogens is 5. The molecule has 1 saturated carbocycles. The Morgan fingerprint density at radius 1 is 1.20 bits per heavy atom. The Labute approximate surface area is 198 Å². The van der Waals surface area contributed by atoms with E-state index in [1.807, 2.05) is 6.07 Å². The van der Waals surface area contributed by atoms with Gasteiger partial charge in [-0.1, -0.05) is 0 Å². The first-order chi connectivity index (χ1) is 16.9. The average molecular weight is 475 g/mol. The van der Waals surface area contributed by atoms with Crippen LogP contribution in [0.25, 0.3) is 22.3 Å². The molecule has 1 atom stereocenters. The Bertz CT molecular complexity index is 1440. The molecule has 0 unspecified atom stereocenters. The van der Waals surface area contributed by atoms with E-state index in [0.29, 0.717) is 33.5 Å². The highest BCUT2D eigenvalue weighted by atomic mass is 19.3. The molecule has 9 nitrogen and oxygen atoms in total. The van der Waals surface area contributed by atoms with Crippen molar-refractivity contribution < 1.29 is 18.3 Å². The summed E-state index contributed by atoms with van der Waals surface area (Å²) in [5, 5.41) is 16.8. The summed E-state index contributed by atoms with van der Waals surface area (Å²) in [4.78, 5) is 26.3. The molecular formula is C24H19F2N7O2. The van der Waals surface area contributed by atoms with Crippen LogP contribution < -0.4 is 10.1 Å². The summed E-state index contributed by atoms with van der Waals surface area (Å²) in [6.07, 6.45) is 7.88. The number of carbonyl (C=O) groups excluding carboxylic acids is 1. The van der Waals surface area contributed by atoms with Gasteiger partial charge in [-0.05, 0) is 38.0 Å². The quantitative estimate of drug-likeness (QED) is 0.426. The summed E-state index contributed by atoms with van der Waals surface area (Å²) in [6, 6.07) is 7.63. The van der Waals surface area contributed by atoms with E-state index in [1.54, 1.807) is 29.9 Å². The van der Waals surface area contributed by atoms with Gasteiger partial charge in [0.05, 0.1) is 46.3 Å². The van der Waals surface area contributed by atoms with Crippen LogP contribution in [0.2, 0.25) is 0 Å². The molecule has 1 fully saturated rings. The van der Waals surface area contributed by atoms with Crippen molar-refractivity contribution in [3.05, 3.63) is 65.9 Å². The van der Waals surface area contributed by atoms with E-state index in [4.69, 9.17) is 5.26 Å². The minimum Gasteiger partial charge on any atom is -0.435 e. The third kappa shape index (κ3) is 4.50. The van der Waals surface area contributed by atoms with Crippen LogP contribution >= 0.6 is 0 Å². The summed E-state index contributed by atoms with van der Waals surface area (Å²) in [5.74, 6) is -0.614. The maximum absolute atomic E-state index is 13.3. The molecule has 5 rings (SSSR count). The second-order valence-corrected chi connectivity index (χ2v) is 8.13. The maximum atomic E-state index is 13.3. The first-order valence-electron chi connectivity index (χ1n) is 10.9. The van der Waals surface area contributed by atoms with Gasteiger partial charge in [-0.2, -0.15) is 19.1 Å². The molecule has 3 heterocycles. The van der Waals surface area contributed by atoms with E-state index in [0.717, 1.165) is 12.8 Å². The van der Waals surface area contributed by atoms with Crippen LogP contribution in [0.5, 0.6) is 5.75 Å². The number of hydrogen-bond donors (Lipinski definition) is 1. The van der Waals surface area contributed by atoms with Crippen LogP contribution in [0, 0.1) is 11.3 Å². The molecule has 0 spiro atoms. The van der Waals surface area contributed by atoms with Gasteiger partial charge in [0.25, 0.3) is 5.91 Å². The Kier molecular flexibility index (Phi) is 5.78. The Morgan fingerprint density at radius 2 is 2.00 bits per heavy atom. The summed E-state index contributed by atoms with van der Waals surface area (Å²) in [7, 11) is 0. The molecule has 11 heteroatoms. The number of nitrogens with zero attached hydrogens (tertiary/aromatic N) is 6. The smallest absolute Gasteiger partial charge is 0.387 e. The van der Waals surface area contributed by atoms with Crippen LogP contribution in [0.15, 0.2) is 49.1 Å². The Hall–Kier alpha value is -4.46. The van der Waals surface area contributed by atoms with E-state index < -0.39 is 18.6 Å². The Morgan fingerprint density at radius 3 is 2.69 bits per heavy atom. The van der Waals surface area contributed by atoms with Gasteiger partial charge in [0, 0.05) is 30.0 Å². The number of ether oxygens (including phenoxy) is 1. The number of pyridine rings is 1. The maximum Gasteiger partial charge on any atom is 0.387 e. The number of halogens is 2. The van der Waals surface area contributed by atoms with Gasteiger partial charge in [-0.15, -0.1) is 0 Å². The minimum atomic E-state index is -3.03. The topological polar surface area (TPSA) is 119 Å². The van der Waals surface area contributed by atoms with Crippen molar-refractivity contribution >= 4 is 16.8 Å². The monoisotopic (exact) mass is 475 g/mol. The van der Waals surface area contributed by atoms with E-state index in [-0.39, 0.29) is 17.4 Å². The number of fused-ring (bicyclic) bond motifs is 1. The molecule has 1 aliphatic carbocycles. The number of nitrogens with one attached hydrogen (secondary N) is 1. The van der Waals surface area contributed by atoms with E-state index >= 15 is 0 Å². The Balaban J connectivity index is 1.47. The predicted octanol–water partition coefficient (Wildman–Crippen LogP) is 4.19. The third-order valence-corrected chi connectivity index (χ3v) is 5.67. The van der Waals surface area contributed by atoms with Crippen molar-refractivity contribution in [2.45, 2.75) is 38.5 Å². The summed E-state index contributed by atoms with van der Waals surface area (Å²) >= 11 is 0. The lowest BCUT2D eigenvalue weighted by atomic mass is 10.1. The number of carbonyl (C=O) groups is 1. The lowest BCUT2D eigenvalue weighted by molar-refractivity contribution is -0.0498. The number of amides is 1. The average Bonchev–Trinajstić information content (AvgIpc) is 3.62. The van der Waals surface area contributed by atoms with Gasteiger partial charge in [0.1, 0.15) is 17.5 Å². The van der Waals surface area contributed by atoms with Gasteiger partial charge in [0.2, 0.25) is 0 Å². The summed E-state index contributed by atoms with van der Waals surface area (Å²) in [6.45, 7) is -1.29. The van der Waals surface area contributed by atoms with Gasteiger partial charge >= 0.3 is 6.61 Å². The van der Waals surface area contributed by atoms with E-state index in [9.17, 15) is 13.6 Å². The molecule has 3 aromatic heterocycles. The molecule has 1 aromatic carbocycles. The van der Waals surface area contributed by atoms with Crippen molar-refractivity contribution in [2.24, 2.45) is 0 Å². The van der Waals surface area contributed by atoms with Crippen molar-refractivity contribution in [3.8, 4) is 23.2 Å². The normalized spacial score (nSPS) is 14.0. The van der Waals surface area contributed by atoms with Gasteiger partial charge in [0.15, 0.2) is 0 Å². The number of rotatable bonds is 7. The molecule has 4 aromatic rings. The van der Waals surface area contributed by atoms with Crippen LogP contribution in [0.1, 0.15) is 53.5 Å². The highest BCUT2D eigenvalue weighted by Crippen LogP contribution is 2.38. The van der Waals surface area contributed by atoms with Gasteiger partial charge in [-0.25, -0.2) is 0 Å². The van der Waals surface area contributed by atoms with Crippen LogP contribution in [0.4, 0.5) is 8.78 Å². The fourth-order valence-electron chi connectivity index (χ4n) is 3.89. The SMILES string of the molecule is C[C@H](NC(=O)c1cc(OC(F)F)cc2c1cnn2C1CC1)c1nccnc1-c1ccc(C#N)cn1. The van der Waals surface area contributed by atoms with Gasteiger partial charge in [-0.3, -0.25) is 24.4 Å². The molecule has 1 amide bonds. The second kappa shape index (κ2) is 9.06. The second-order valence-electron chi connectivity index (χ2n) is 8.13. The molecule has 1 N–H and O–H groups in total. The fourth-order valence-corrected chi connectivity index (χ4v) is 3.89. The molecule has 35 heavy (non-hydrogen) atoms. The fraction of sp³-hybridized carbons (Fsp3) is 0.250. The van der Waals surface area contributed by atoms with Crippen molar-refractivity contribution in [3.63, 3.8) is 0 Å².